The number of pyridine rings is 3. The van der Waals surface area contributed by atoms with Crippen molar-refractivity contribution in [3.8, 4) is 11.4 Å². The van der Waals surface area contributed by atoms with Crippen molar-refractivity contribution in [2.75, 3.05) is 18.5 Å². The van der Waals surface area contributed by atoms with Crippen molar-refractivity contribution in [2.24, 2.45) is 0 Å². The summed E-state index contributed by atoms with van der Waals surface area (Å²) in [6, 6.07) is 9.57. The fraction of sp³-hybridized carbons (Fsp3) is 0.182. The van der Waals surface area contributed by atoms with E-state index in [1.54, 1.807) is 18.5 Å². The first-order chi connectivity index (χ1) is 19.4. The highest BCUT2D eigenvalue weighted by Crippen LogP contribution is 2.39. The second-order valence-electron chi connectivity index (χ2n) is 9.82. The average molecular weight is 537 g/mol. The van der Waals surface area contributed by atoms with Crippen LogP contribution in [0.3, 0.4) is 0 Å². The Labute approximate surface area is 232 Å². The van der Waals surface area contributed by atoms with Gasteiger partial charge in [-0.15, -0.1) is 0 Å². The molecular formula is C33H30F2N4O. The topological polar surface area (TPSA) is 59.9 Å². The number of anilines is 2. The molecule has 0 amide bonds. The number of nitrogens with one attached hydrogen (secondary N) is 1. The number of halogens is 2. The maximum absolute atomic E-state index is 15.4. The molecule has 0 spiro atoms. The van der Waals surface area contributed by atoms with Gasteiger partial charge in [0.25, 0.3) is 0 Å². The molecule has 1 aliphatic heterocycles. The standard InChI is InChI=1S/C33H30F2N4O/c1-5-22(10-9-20(2)3)25-19-37-28(23-11-14-40-15-12-23)18-29(25)38-33-21(4)32(27-8-6-7-13-36-27)39-30-17-24(34)16-26(35)31(30)33/h5-11,13,16-19H,1,12,14-15H2,2-4H3,(H,37,38,39)/b22-10+. The fourth-order valence-corrected chi connectivity index (χ4v) is 4.70. The van der Waals surface area contributed by atoms with Gasteiger partial charge >= 0.3 is 0 Å². The highest BCUT2D eigenvalue weighted by molar-refractivity contribution is 5.99. The van der Waals surface area contributed by atoms with Crippen LogP contribution in [0.2, 0.25) is 0 Å². The zero-order valence-corrected chi connectivity index (χ0v) is 22.8. The number of allylic oxidation sites excluding steroid dienone is 5. The summed E-state index contributed by atoms with van der Waals surface area (Å²) in [4.78, 5) is 13.8. The number of hydrogen-bond donors (Lipinski definition) is 1. The van der Waals surface area contributed by atoms with E-state index >= 15 is 4.39 Å². The normalized spacial score (nSPS) is 13.6. The Kier molecular flexibility index (Phi) is 7.94. The maximum atomic E-state index is 15.4. The summed E-state index contributed by atoms with van der Waals surface area (Å²) < 4.78 is 35.3. The Morgan fingerprint density at radius 1 is 1.07 bits per heavy atom. The van der Waals surface area contributed by atoms with Gasteiger partial charge < -0.3 is 10.1 Å². The van der Waals surface area contributed by atoms with E-state index in [1.165, 1.54) is 6.07 Å². The highest BCUT2D eigenvalue weighted by atomic mass is 19.1. The third-order valence-electron chi connectivity index (χ3n) is 6.74. The number of benzene rings is 1. The van der Waals surface area contributed by atoms with E-state index < -0.39 is 11.6 Å². The molecule has 0 radical (unpaired) electrons. The van der Waals surface area contributed by atoms with Crippen LogP contribution in [0, 0.1) is 18.6 Å². The van der Waals surface area contributed by atoms with Gasteiger partial charge in [-0.05, 0) is 56.5 Å². The van der Waals surface area contributed by atoms with Crippen molar-refractivity contribution in [1.29, 1.82) is 0 Å². The Balaban J connectivity index is 1.76. The van der Waals surface area contributed by atoms with Crippen molar-refractivity contribution in [3.63, 3.8) is 0 Å². The Hall–Kier alpha value is -4.49. The minimum absolute atomic E-state index is 0.193. The van der Waals surface area contributed by atoms with Gasteiger partial charge in [-0.2, -0.15) is 0 Å². The number of hydrogen-bond acceptors (Lipinski definition) is 5. The molecule has 0 saturated carbocycles. The second kappa shape index (κ2) is 11.7. The first kappa shape index (κ1) is 27.1. The molecule has 7 heteroatoms. The van der Waals surface area contributed by atoms with Crippen LogP contribution >= 0.6 is 0 Å². The van der Waals surface area contributed by atoms with E-state index in [-0.39, 0.29) is 10.9 Å². The van der Waals surface area contributed by atoms with Crippen molar-refractivity contribution in [1.82, 2.24) is 15.0 Å². The minimum atomic E-state index is -0.701. The van der Waals surface area contributed by atoms with Gasteiger partial charge in [-0.25, -0.2) is 13.8 Å². The van der Waals surface area contributed by atoms with Crippen LogP contribution in [0.5, 0.6) is 0 Å². The number of fused-ring (bicyclic) bond motifs is 1. The monoisotopic (exact) mass is 536 g/mol. The molecule has 40 heavy (non-hydrogen) atoms. The summed E-state index contributed by atoms with van der Waals surface area (Å²) in [6.45, 7) is 11.1. The van der Waals surface area contributed by atoms with Crippen LogP contribution in [0.1, 0.15) is 37.1 Å². The Bertz CT molecular complexity index is 1690. The first-order valence-electron chi connectivity index (χ1n) is 13.1. The van der Waals surface area contributed by atoms with Gasteiger partial charge in [0.15, 0.2) is 0 Å². The molecule has 202 valence electrons. The molecule has 0 unspecified atom stereocenters. The molecule has 5 rings (SSSR count). The molecule has 1 aliphatic rings. The number of rotatable bonds is 7. The fourth-order valence-electron chi connectivity index (χ4n) is 4.70. The van der Waals surface area contributed by atoms with E-state index in [0.717, 1.165) is 40.5 Å². The van der Waals surface area contributed by atoms with Gasteiger partial charge in [-0.3, -0.25) is 9.97 Å². The predicted molar refractivity (Wildman–Crippen MR) is 158 cm³/mol. The zero-order valence-electron chi connectivity index (χ0n) is 22.8. The van der Waals surface area contributed by atoms with Gasteiger partial charge in [0.2, 0.25) is 0 Å². The van der Waals surface area contributed by atoms with Crippen LogP contribution < -0.4 is 5.32 Å². The summed E-state index contributed by atoms with van der Waals surface area (Å²) in [7, 11) is 0. The van der Waals surface area contributed by atoms with E-state index in [4.69, 9.17) is 9.72 Å². The molecule has 0 fully saturated rings. The SMILES string of the molecule is C=C/C(=C\C=C(C)C)c1cnc(C2=CCOCC2)cc1Nc1c(C)c(-c2ccccn2)nc2cc(F)cc(F)c12. The lowest BCUT2D eigenvalue weighted by Crippen LogP contribution is -2.07. The zero-order chi connectivity index (χ0) is 28.2. The van der Waals surface area contributed by atoms with Gasteiger partial charge in [0, 0.05) is 35.7 Å². The van der Waals surface area contributed by atoms with Crippen molar-refractivity contribution >= 4 is 33.4 Å². The van der Waals surface area contributed by atoms with E-state index in [9.17, 15) is 4.39 Å². The lowest BCUT2D eigenvalue weighted by Gasteiger charge is -2.20. The molecule has 4 aromatic rings. The lowest BCUT2D eigenvalue weighted by molar-refractivity contribution is 0.161. The predicted octanol–water partition coefficient (Wildman–Crippen LogP) is 8.36. The molecule has 0 aliphatic carbocycles. The van der Waals surface area contributed by atoms with E-state index in [1.807, 2.05) is 63.3 Å². The highest BCUT2D eigenvalue weighted by Gasteiger charge is 2.20. The summed E-state index contributed by atoms with van der Waals surface area (Å²) in [5.74, 6) is -1.40. The molecular weight excluding hydrogens is 506 g/mol. The quantitative estimate of drug-likeness (QED) is 0.241. The molecule has 0 bridgehead atoms. The minimum Gasteiger partial charge on any atom is -0.377 e. The van der Waals surface area contributed by atoms with Crippen molar-refractivity contribution in [2.45, 2.75) is 27.2 Å². The van der Waals surface area contributed by atoms with Gasteiger partial charge in [0.1, 0.15) is 11.6 Å². The summed E-state index contributed by atoms with van der Waals surface area (Å²) in [6.07, 6.45) is 12.0. The van der Waals surface area contributed by atoms with Crippen LogP contribution in [0.15, 0.2) is 85.2 Å². The smallest absolute Gasteiger partial charge is 0.137 e. The largest absolute Gasteiger partial charge is 0.377 e. The lowest BCUT2D eigenvalue weighted by atomic mass is 9.99. The molecule has 4 heterocycles. The molecule has 3 aromatic heterocycles. The van der Waals surface area contributed by atoms with Gasteiger partial charge in [0.05, 0.1) is 52.6 Å². The molecule has 1 N–H and O–H groups in total. The number of aromatic nitrogens is 3. The van der Waals surface area contributed by atoms with Crippen molar-refractivity contribution < 1.29 is 13.5 Å². The summed E-state index contributed by atoms with van der Waals surface area (Å²) in [5, 5.41) is 3.69. The molecule has 1 aromatic carbocycles. The van der Waals surface area contributed by atoms with Crippen LogP contribution in [0.25, 0.3) is 33.4 Å². The average Bonchev–Trinajstić information content (AvgIpc) is 2.96. The third-order valence-corrected chi connectivity index (χ3v) is 6.74. The van der Waals surface area contributed by atoms with Gasteiger partial charge in [-0.1, -0.05) is 42.5 Å². The second-order valence-corrected chi connectivity index (χ2v) is 9.82. The third kappa shape index (κ3) is 5.60. The van der Waals surface area contributed by atoms with Crippen molar-refractivity contribution in [3.05, 3.63) is 114 Å². The maximum Gasteiger partial charge on any atom is 0.137 e. The van der Waals surface area contributed by atoms with Crippen LogP contribution in [-0.4, -0.2) is 28.2 Å². The molecule has 0 atom stereocenters. The Morgan fingerprint density at radius 2 is 1.93 bits per heavy atom. The summed E-state index contributed by atoms with van der Waals surface area (Å²) in [5.41, 5.74) is 7.83. The number of ether oxygens (including phenoxy) is 1. The molecule has 0 saturated heterocycles. The Morgan fingerprint density at radius 3 is 2.62 bits per heavy atom. The number of nitrogens with zero attached hydrogens (tertiary/aromatic N) is 3. The summed E-state index contributed by atoms with van der Waals surface area (Å²) >= 11 is 0. The molecule has 5 nitrogen and oxygen atoms in total. The van der Waals surface area contributed by atoms with Crippen LogP contribution in [0.4, 0.5) is 20.2 Å². The first-order valence-corrected chi connectivity index (χ1v) is 13.1. The van der Waals surface area contributed by atoms with E-state index in [2.05, 4.69) is 21.9 Å². The van der Waals surface area contributed by atoms with Crippen LogP contribution in [-0.2, 0) is 4.74 Å². The van der Waals surface area contributed by atoms with E-state index in [0.29, 0.717) is 41.5 Å².